The van der Waals surface area contributed by atoms with Gasteiger partial charge in [-0.1, -0.05) is 42.6 Å². The highest BCUT2D eigenvalue weighted by Gasteiger charge is 2.32. The average molecular weight is 499 g/mol. The molecule has 2 aromatic carbocycles. The van der Waals surface area contributed by atoms with Crippen LogP contribution < -0.4 is 15.4 Å². The predicted molar refractivity (Wildman–Crippen MR) is 118 cm³/mol. The zero-order chi connectivity index (χ0) is 22.6. The van der Waals surface area contributed by atoms with Gasteiger partial charge >= 0.3 is 6.18 Å². The first-order valence-electron chi connectivity index (χ1n) is 10.3. The lowest BCUT2D eigenvalue weighted by atomic mass is 9.78. The number of ether oxygens (including phenoxy) is 1. The molecule has 3 atom stereocenters. The summed E-state index contributed by atoms with van der Waals surface area (Å²) in [5.41, 5.74) is -0.703. The topological polar surface area (TPSA) is 50.4 Å². The van der Waals surface area contributed by atoms with Crippen molar-refractivity contribution in [3.05, 3.63) is 52.5 Å². The van der Waals surface area contributed by atoms with E-state index in [0.29, 0.717) is 17.6 Å². The molecular formula is C23H26BrF3N2O2. The van der Waals surface area contributed by atoms with Crippen LogP contribution in [0, 0.1) is 11.8 Å². The van der Waals surface area contributed by atoms with Crippen molar-refractivity contribution in [1.29, 1.82) is 0 Å². The Bertz CT molecular complexity index is 903. The van der Waals surface area contributed by atoms with Crippen molar-refractivity contribution in [3.8, 4) is 11.5 Å². The van der Waals surface area contributed by atoms with Crippen molar-refractivity contribution in [1.82, 2.24) is 5.32 Å². The van der Waals surface area contributed by atoms with Crippen LogP contribution in [-0.2, 0) is 11.0 Å². The number of alkyl halides is 3. The van der Waals surface area contributed by atoms with Crippen LogP contribution in [0.25, 0.3) is 0 Å². The summed E-state index contributed by atoms with van der Waals surface area (Å²) in [6, 6.07) is 10.2. The predicted octanol–water partition coefficient (Wildman–Crippen LogP) is 6.61. The molecule has 2 N–H and O–H groups in total. The Morgan fingerprint density at radius 3 is 2.52 bits per heavy atom. The van der Waals surface area contributed by atoms with Crippen LogP contribution in [0.2, 0.25) is 0 Å². The van der Waals surface area contributed by atoms with Crippen molar-refractivity contribution in [2.24, 2.45) is 11.8 Å². The summed E-state index contributed by atoms with van der Waals surface area (Å²) in [4.78, 5) is 12.5. The summed E-state index contributed by atoms with van der Waals surface area (Å²) in [5.74, 6) is 1.32. The van der Waals surface area contributed by atoms with Crippen LogP contribution in [0.3, 0.4) is 0 Å². The van der Waals surface area contributed by atoms with E-state index in [2.05, 4.69) is 40.4 Å². The number of anilines is 1. The molecule has 8 heteroatoms. The number of carbonyl (C=O) groups is 1. The number of hydrogen-bond acceptors (Lipinski definition) is 3. The number of nitrogens with one attached hydrogen (secondary N) is 2. The molecule has 1 fully saturated rings. The van der Waals surface area contributed by atoms with E-state index in [1.807, 2.05) is 0 Å². The highest BCUT2D eigenvalue weighted by atomic mass is 79.9. The maximum Gasteiger partial charge on any atom is 0.416 e. The van der Waals surface area contributed by atoms with Crippen LogP contribution in [0.15, 0.2) is 46.9 Å². The van der Waals surface area contributed by atoms with E-state index in [9.17, 15) is 18.0 Å². The van der Waals surface area contributed by atoms with Crippen molar-refractivity contribution in [2.75, 3.05) is 11.9 Å². The van der Waals surface area contributed by atoms with Crippen LogP contribution in [0.4, 0.5) is 18.9 Å². The van der Waals surface area contributed by atoms with Crippen molar-refractivity contribution in [2.45, 2.75) is 45.3 Å². The van der Waals surface area contributed by atoms with E-state index in [1.54, 1.807) is 24.3 Å². The quantitative estimate of drug-likeness (QED) is 0.470. The van der Waals surface area contributed by atoms with Gasteiger partial charge in [-0.25, -0.2) is 0 Å². The lowest BCUT2D eigenvalue weighted by molar-refractivity contribution is -0.137. The molecule has 1 aliphatic rings. The summed E-state index contributed by atoms with van der Waals surface area (Å²) in [7, 11) is 0. The average Bonchev–Trinajstić information content (AvgIpc) is 2.71. The second kappa shape index (κ2) is 9.94. The van der Waals surface area contributed by atoms with Gasteiger partial charge in [-0.05, 0) is 60.7 Å². The van der Waals surface area contributed by atoms with E-state index in [-0.39, 0.29) is 29.9 Å². The fraction of sp³-hybridized carbons (Fsp3) is 0.435. The Balaban J connectivity index is 1.72. The van der Waals surface area contributed by atoms with Gasteiger partial charge in [-0.3, -0.25) is 4.79 Å². The third kappa shape index (κ3) is 6.38. The van der Waals surface area contributed by atoms with Gasteiger partial charge in [0.05, 0.1) is 17.8 Å². The van der Waals surface area contributed by atoms with Gasteiger partial charge in [0.15, 0.2) is 5.75 Å². The number of rotatable bonds is 6. The maximum atomic E-state index is 13.2. The summed E-state index contributed by atoms with van der Waals surface area (Å²) in [6.07, 6.45) is -1.38. The zero-order valence-electron chi connectivity index (χ0n) is 17.4. The monoisotopic (exact) mass is 498 g/mol. The Labute approximate surface area is 188 Å². The number of amides is 1. The normalized spacial score (nSPS) is 21.4. The Morgan fingerprint density at radius 2 is 1.84 bits per heavy atom. The van der Waals surface area contributed by atoms with E-state index in [4.69, 9.17) is 4.74 Å². The Morgan fingerprint density at radius 1 is 1.13 bits per heavy atom. The molecule has 0 bridgehead atoms. The lowest BCUT2D eigenvalue weighted by Gasteiger charge is -2.34. The molecule has 3 rings (SSSR count). The van der Waals surface area contributed by atoms with Gasteiger partial charge in [0.1, 0.15) is 5.75 Å². The minimum absolute atomic E-state index is 0.0815. The minimum Gasteiger partial charge on any atom is -0.455 e. The smallest absolute Gasteiger partial charge is 0.416 e. The maximum absolute atomic E-state index is 13.2. The van der Waals surface area contributed by atoms with E-state index in [1.165, 1.54) is 6.07 Å². The second-order valence-corrected chi connectivity index (χ2v) is 8.98. The molecule has 1 saturated carbocycles. The van der Waals surface area contributed by atoms with Crippen LogP contribution in [-0.4, -0.2) is 18.5 Å². The summed E-state index contributed by atoms with van der Waals surface area (Å²) < 4.78 is 46.2. The fourth-order valence-corrected chi connectivity index (χ4v) is 4.05. The molecule has 0 heterocycles. The molecule has 0 aliphatic heterocycles. The standard InChI is InChI=1S/C23H26BrF3N2O2/c1-14-4-3-5-19(15(14)2)29-22(30)13-28-20-12-16(23(25,26)27)6-11-21(20)31-18-9-7-17(24)8-10-18/h6-12,14-15,19,28H,3-5,13H2,1-2H3,(H,29,30)/t14-,15+,19-/m1/s1. The zero-order valence-corrected chi connectivity index (χ0v) is 19.0. The van der Waals surface area contributed by atoms with Crippen LogP contribution >= 0.6 is 15.9 Å². The summed E-state index contributed by atoms with van der Waals surface area (Å²) in [6.45, 7) is 4.16. The second-order valence-electron chi connectivity index (χ2n) is 8.06. The SMILES string of the molecule is C[C@H]1[C@H](C)CCC[C@H]1NC(=O)CNc1cc(C(F)(F)F)ccc1Oc1ccc(Br)cc1. The van der Waals surface area contributed by atoms with E-state index < -0.39 is 11.7 Å². The summed E-state index contributed by atoms with van der Waals surface area (Å²) >= 11 is 3.33. The Kier molecular flexibility index (Phi) is 7.51. The number of hydrogen-bond donors (Lipinski definition) is 2. The molecule has 0 radical (unpaired) electrons. The highest BCUT2D eigenvalue weighted by molar-refractivity contribution is 9.10. The molecule has 0 saturated heterocycles. The largest absolute Gasteiger partial charge is 0.455 e. The van der Waals surface area contributed by atoms with Gasteiger partial charge in [0.25, 0.3) is 0 Å². The Hall–Kier alpha value is -2.22. The fourth-order valence-electron chi connectivity index (χ4n) is 3.78. The molecule has 1 amide bonds. The molecule has 0 unspecified atom stereocenters. The highest BCUT2D eigenvalue weighted by Crippen LogP contribution is 2.37. The molecule has 4 nitrogen and oxygen atoms in total. The van der Waals surface area contributed by atoms with Crippen LogP contribution in [0.5, 0.6) is 11.5 Å². The lowest BCUT2D eigenvalue weighted by Crippen LogP contribution is -2.45. The van der Waals surface area contributed by atoms with Crippen molar-refractivity contribution < 1.29 is 22.7 Å². The number of halogens is 4. The van der Waals surface area contributed by atoms with Crippen molar-refractivity contribution >= 4 is 27.5 Å². The third-order valence-electron chi connectivity index (χ3n) is 5.84. The first-order chi connectivity index (χ1) is 14.6. The van der Waals surface area contributed by atoms with Gasteiger partial charge in [0, 0.05) is 10.5 Å². The molecule has 2 aromatic rings. The number of benzene rings is 2. The minimum atomic E-state index is -4.50. The van der Waals surface area contributed by atoms with E-state index >= 15 is 0 Å². The van der Waals surface area contributed by atoms with E-state index in [0.717, 1.165) is 35.9 Å². The van der Waals surface area contributed by atoms with Gasteiger partial charge in [-0.2, -0.15) is 13.2 Å². The third-order valence-corrected chi connectivity index (χ3v) is 6.37. The molecule has 0 spiro atoms. The molecule has 0 aromatic heterocycles. The number of carbonyl (C=O) groups excluding carboxylic acids is 1. The molecule has 168 valence electrons. The van der Waals surface area contributed by atoms with Gasteiger partial charge < -0.3 is 15.4 Å². The van der Waals surface area contributed by atoms with Crippen molar-refractivity contribution in [3.63, 3.8) is 0 Å². The molecule has 1 aliphatic carbocycles. The first-order valence-corrected chi connectivity index (χ1v) is 11.1. The first kappa shape index (κ1) is 23.4. The van der Waals surface area contributed by atoms with Gasteiger partial charge in [0.2, 0.25) is 5.91 Å². The van der Waals surface area contributed by atoms with Gasteiger partial charge in [-0.15, -0.1) is 0 Å². The molecule has 31 heavy (non-hydrogen) atoms. The molecular weight excluding hydrogens is 473 g/mol. The van der Waals surface area contributed by atoms with Crippen LogP contribution in [0.1, 0.15) is 38.7 Å². The summed E-state index contributed by atoms with van der Waals surface area (Å²) in [5, 5.41) is 5.85.